The van der Waals surface area contributed by atoms with Gasteiger partial charge in [0.15, 0.2) is 0 Å². The molecule has 2 aromatic heterocycles. The highest BCUT2D eigenvalue weighted by Gasteiger charge is 2.28. The highest BCUT2D eigenvalue weighted by atomic mass is 35.7. The number of aromatic nitrogens is 3. The van der Waals surface area contributed by atoms with E-state index in [-0.39, 0.29) is 17.3 Å². The summed E-state index contributed by atoms with van der Waals surface area (Å²) in [6, 6.07) is 2.93. The number of hydrogen-bond acceptors (Lipinski definition) is 5. The summed E-state index contributed by atoms with van der Waals surface area (Å²) in [6.45, 7) is 5.35. The van der Waals surface area contributed by atoms with E-state index in [1.807, 2.05) is 0 Å². The van der Waals surface area contributed by atoms with Gasteiger partial charge in [0.05, 0.1) is 12.7 Å². The Bertz CT molecular complexity index is 798. The third-order valence-electron chi connectivity index (χ3n) is 2.70. The molecule has 2 heterocycles. The number of halogens is 1. The van der Waals surface area contributed by atoms with Crippen molar-refractivity contribution in [1.82, 2.24) is 9.61 Å². The van der Waals surface area contributed by atoms with Gasteiger partial charge in [0, 0.05) is 23.7 Å². The Labute approximate surface area is 120 Å². The first kappa shape index (κ1) is 14.7. The number of nitrogens with zero attached hydrogens (tertiary/aromatic N) is 3. The molecule has 9 heteroatoms. The number of rotatable bonds is 2. The average Bonchev–Trinajstić information content (AvgIpc) is 2.73. The van der Waals surface area contributed by atoms with E-state index in [1.54, 1.807) is 26.8 Å². The minimum atomic E-state index is -3.97. The Balaban J connectivity index is 2.81. The van der Waals surface area contributed by atoms with Crippen LogP contribution >= 0.6 is 10.7 Å². The molecule has 2 rings (SSSR count). The van der Waals surface area contributed by atoms with Gasteiger partial charge in [-0.1, -0.05) is 5.10 Å². The lowest BCUT2D eigenvalue weighted by Crippen LogP contribution is -2.47. The highest BCUT2D eigenvalue weighted by molar-refractivity contribution is 8.13. The fourth-order valence-electron chi connectivity index (χ4n) is 1.92. The van der Waals surface area contributed by atoms with Gasteiger partial charge in [-0.3, -0.25) is 0 Å². The van der Waals surface area contributed by atoms with E-state index in [0.29, 0.717) is 11.4 Å². The van der Waals surface area contributed by atoms with E-state index in [2.05, 4.69) is 5.10 Å². The fourth-order valence-corrected chi connectivity index (χ4v) is 2.57. The molecule has 0 spiro atoms. The normalized spacial score (nSPS) is 11.8. The van der Waals surface area contributed by atoms with Gasteiger partial charge in [0.25, 0.3) is 9.05 Å². The summed E-state index contributed by atoms with van der Waals surface area (Å²) in [5, 5.41) is 3.58. The van der Waals surface area contributed by atoms with Gasteiger partial charge in [-0.05, 0) is 13.8 Å². The van der Waals surface area contributed by atoms with Gasteiger partial charge in [-0.15, -0.1) is 9.08 Å². The first-order valence-electron chi connectivity index (χ1n) is 5.79. The zero-order valence-electron chi connectivity index (χ0n) is 11.1. The summed E-state index contributed by atoms with van der Waals surface area (Å²) >= 11 is 0. The van der Waals surface area contributed by atoms with E-state index in [0.717, 1.165) is 0 Å². The Morgan fingerprint density at radius 2 is 2.10 bits per heavy atom. The van der Waals surface area contributed by atoms with Crippen LogP contribution in [-0.2, 0) is 13.8 Å². The Morgan fingerprint density at radius 1 is 1.45 bits per heavy atom. The molecule has 0 aromatic carbocycles. The number of ether oxygens (including phenoxy) is 1. The van der Waals surface area contributed by atoms with Crippen LogP contribution in [0.3, 0.4) is 0 Å². The van der Waals surface area contributed by atoms with Gasteiger partial charge in [-0.25, -0.2) is 8.42 Å². The van der Waals surface area contributed by atoms with Crippen LogP contribution in [0.5, 0.6) is 0 Å². The molecule has 7 nitrogen and oxygen atoms in total. The lowest BCUT2D eigenvalue weighted by molar-refractivity contribution is -0.569. The maximum absolute atomic E-state index is 12.0. The van der Waals surface area contributed by atoms with Gasteiger partial charge in [-0.2, -0.15) is 4.79 Å². The number of carbonyl (C=O) groups is 1. The van der Waals surface area contributed by atoms with Crippen LogP contribution in [0.4, 0.5) is 4.79 Å². The first-order chi connectivity index (χ1) is 9.25. The summed E-state index contributed by atoms with van der Waals surface area (Å²) in [5.41, 5.74) is 1.55. The third-order valence-corrected chi connectivity index (χ3v) is 3.88. The minimum Gasteiger partial charge on any atom is -0.431 e. The van der Waals surface area contributed by atoms with Crippen molar-refractivity contribution in [2.24, 2.45) is 0 Å². The summed E-state index contributed by atoms with van der Waals surface area (Å²) in [4.78, 5) is 12.0. The van der Waals surface area contributed by atoms with E-state index in [4.69, 9.17) is 15.4 Å². The molecule has 0 radical (unpaired) electrons. The molecule has 0 N–H and O–H groups in total. The molecular formula is C11H13ClN3O4S+. The molecule has 0 aliphatic rings. The molecule has 2 aromatic rings. The summed E-state index contributed by atoms with van der Waals surface area (Å²) < 4.78 is 30.3. The number of aryl methyl sites for hydroxylation is 2. The molecular weight excluding hydrogens is 306 g/mol. The molecule has 20 heavy (non-hydrogen) atoms. The van der Waals surface area contributed by atoms with Crippen LogP contribution < -0.4 is 4.57 Å². The molecule has 108 valence electrons. The Kier molecular flexibility index (Phi) is 3.70. The van der Waals surface area contributed by atoms with Crippen LogP contribution in [0.25, 0.3) is 5.65 Å². The van der Waals surface area contributed by atoms with Gasteiger partial charge < -0.3 is 4.74 Å². The van der Waals surface area contributed by atoms with Crippen molar-refractivity contribution in [2.75, 3.05) is 6.61 Å². The first-order valence-corrected chi connectivity index (χ1v) is 8.10. The lowest BCUT2D eigenvalue weighted by Gasteiger charge is -2.04. The number of fused-ring (bicyclic) bond motifs is 1. The van der Waals surface area contributed by atoms with Gasteiger partial charge >= 0.3 is 11.7 Å². The van der Waals surface area contributed by atoms with Crippen molar-refractivity contribution in [2.45, 2.75) is 25.8 Å². The van der Waals surface area contributed by atoms with Crippen molar-refractivity contribution in [3.8, 4) is 0 Å². The second kappa shape index (κ2) is 5.02. The largest absolute Gasteiger partial charge is 0.512 e. The van der Waals surface area contributed by atoms with E-state index >= 15 is 0 Å². The summed E-state index contributed by atoms with van der Waals surface area (Å²) in [7, 11) is 1.31. The molecule has 0 bridgehead atoms. The monoisotopic (exact) mass is 318 g/mol. The van der Waals surface area contributed by atoms with E-state index < -0.39 is 15.1 Å². The topological polar surface area (TPSA) is 81.6 Å². The van der Waals surface area contributed by atoms with Crippen LogP contribution in [0, 0.1) is 13.8 Å². The second-order valence-electron chi connectivity index (χ2n) is 4.15. The molecule has 0 fully saturated rings. The van der Waals surface area contributed by atoms with Crippen molar-refractivity contribution in [3.63, 3.8) is 0 Å². The lowest BCUT2D eigenvalue weighted by atomic mass is 10.3. The molecule has 0 amide bonds. The predicted octanol–water partition coefficient (Wildman–Crippen LogP) is 1.17. The molecule has 0 saturated heterocycles. The molecule has 0 aliphatic carbocycles. The van der Waals surface area contributed by atoms with Crippen molar-refractivity contribution in [1.29, 1.82) is 0 Å². The standard InChI is InChI=1S/C11H13ClN3O4S/c1-4-19-11(16)14-7(2)5-8(3)15-10(14)6-9(13-15)20(12,17)18/h5-6H,4H2,1-3H3/q+1. The maximum atomic E-state index is 12.0. The van der Waals surface area contributed by atoms with Gasteiger partial charge in [0.1, 0.15) is 11.4 Å². The quantitative estimate of drug-likeness (QED) is 0.613. The van der Waals surface area contributed by atoms with Crippen LogP contribution in [0.15, 0.2) is 17.2 Å². The summed E-state index contributed by atoms with van der Waals surface area (Å²) in [6.07, 6.45) is -0.603. The molecule has 0 atom stereocenters. The minimum absolute atomic E-state index is 0.208. The smallest absolute Gasteiger partial charge is 0.431 e. The Hall–Kier alpha value is -1.67. The molecule has 0 unspecified atom stereocenters. The number of carbonyl (C=O) groups excluding carboxylic acids is 1. The SMILES string of the molecule is CCOC(=O)[n+]1c(C)cc(C)n2nc(S(=O)(=O)Cl)cc21. The van der Waals surface area contributed by atoms with Gasteiger partial charge in [0.2, 0.25) is 5.03 Å². The molecule has 0 saturated carbocycles. The average molecular weight is 319 g/mol. The van der Waals surface area contributed by atoms with Crippen LogP contribution in [-0.4, -0.2) is 30.7 Å². The predicted molar refractivity (Wildman–Crippen MR) is 70.3 cm³/mol. The van der Waals surface area contributed by atoms with Crippen molar-refractivity contribution in [3.05, 3.63) is 23.5 Å². The van der Waals surface area contributed by atoms with Crippen molar-refractivity contribution >= 4 is 31.5 Å². The third kappa shape index (κ3) is 2.48. The molecule has 0 aliphatic heterocycles. The van der Waals surface area contributed by atoms with Crippen LogP contribution in [0.1, 0.15) is 18.3 Å². The number of hydrogen-bond donors (Lipinski definition) is 0. The van der Waals surface area contributed by atoms with E-state index in [9.17, 15) is 13.2 Å². The highest BCUT2D eigenvalue weighted by Crippen LogP contribution is 2.15. The maximum Gasteiger partial charge on any atom is 0.512 e. The zero-order valence-corrected chi connectivity index (χ0v) is 12.7. The van der Waals surface area contributed by atoms with Crippen molar-refractivity contribution < 1.29 is 22.5 Å². The van der Waals surface area contributed by atoms with E-state index in [1.165, 1.54) is 15.1 Å². The van der Waals surface area contributed by atoms with Crippen LogP contribution in [0.2, 0.25) is 0 Å². The Morgan fingerprint density at radius 3 is 2.65 bits per heavy atom. The fraction of sp³-hybridized carbons (Fsp3) is 0.364. The summed E-state index contributed by atoms with van der Waals surface area (Å²) in [5.74, 6) is 0. The zero-order chi connectivity index (χ0) is 15.1. The second-order valence-corrected chi connectivity index (χ2v) is 6.66.